The number of amides is 1. The molecule has 1 aliphatic carbocycles. The summed E-state index contributed by atoms with van der Waals surface area (Å²) in [6.45, 7) is 2.05. The fourth-order valence-electron chi connectivity index (χ4n) is 2.94. The second-order valence-corrected chi connectivity index (χ2v) is 9.30. The molecule has 1 atom stereocenters. The summed E-state index contributed by atoms with van der Waals surface area (Å²) in [4.78, 5) is 31.4. The van der Waals surface area contributed by atoms with Gasteiger partial charge in [0, 0.05) is 28.9 Å². The minimum atomic E-state index is -0.0612. The van der Waals surface area contributed by atoms with Gasteiger partial charge in [-0.15, -0.1) is 22.7 Å². The van der Waals surface area contributed by atoms with Crippen molar-refractivity contribution in [2.24, 2.45) is 13.0 Å². The van der Waals surface area contributed by atoms with Gasteiger partial charge in [0.2, 0.25) is 5.91 Å². The van der Waals surface area contributed by atoms with E-state index in [4.69, 9.17) is 0 Å². The van der Waals surface area contributed by atoms with Gasteiger partial charge in [-0.25, -0.2) is 4.98 Å². The van der Waals surface area contributed by atoms with Crippen molar-refractivity contribution >= 4 is 50.6 Å². The molecule has 8 heteroatoms. The molecule has 1 aliphatic rings. The molecule has 5 nitrogen and oxygen atoms in total. The van der Waals surface area contributed by atoms with Crippen LogP contribution in [0.25, 0.3) is 20.7 Å². The Morgan fingerprint density at radius 1 is 1.46 bits per heavy atom. The van der Waals surface area contributed by atoms with Crippen LogP contribution in [0.5, 0.6) is 0 Å². The van der Waals surface area contributed by atoms with Crippen LogP contribution in [0.15, 0.2) is 32.8 Å². The van der Waals surface area contributed by atoms with Gasteiger partial charge in [-0.1, -0.05) is 17.8 Å². The topological polar surface area (TPSA) is 64.0 Å². The van der Waals surface area contributed by atoms with E-state index in [2.05, 4.69) is 17.2 Å². The highest BCUT2D eigenvalue weighted by Crippen LogP contribution is 2.34. The first-order valence-electron chi connectivity index (χ1n) is 8.49. The van der Waals surface area contributed by atoms with Crippen LogP contribution in [0, 0.1) is 5.92 Å². The number of aromatic nitrogens is 2. The molecule has 136 valence electrons. The fraction of sp³-hybridized carbons (Fsp3) is 0.389. The number of carbonyl (C=O) groups is 1. The van der Waals surface area contributed by atoms with E-state index in [1.807, 2.05) is 22.9 Å². The highest BCUT2D eigenvalue weighted by atomic mass is 32.2. The minimum absolute atomic E-state index is 0.00537. The first-order valence-corrected chi connectivity index (χ1v) is 11.2. The van der Waals surface area contributed by atoms with Gasteiger partial charge >= 0.3 is 0 Å². The Labute approximate surface area is 163 Å². The molecule has 0 saturated heterocycles. The lowest BCUT2D eigenvalue weighted by atomic mass is 10.2. The van der Waals surface area contributed by atoms with Gasteiger partial charge in [0.25, 0.3) is 5.56 Å². The van der Waals surface area contributed by atoms with Gasteiger partial charge in [-0.2, -0.15) is 0 Å². The number of hydrogen-bond acceptors (Lipinski definition) is 6. The van der Waals surface area contributed by atoms with Crippen LogP contribution in [0.2, 0.25) is 0 Å². The number of nitrogens with zero attached hydrogens (tertiary/aromatic N) is 2. The van der Waals surface area contributed by atoms with Crippen LogP contribution in [-0.4, -0.2) is 27.3 Å². The third kappa shape index (κ3) is 3.45. The average molecular weight is 406 g/mol. The van der Waals surface area contributed by atoms with Gasteiger partial charge in [0.1, 0.15) is 4.83 Å². The Balaban J connectivity index is 1.56. The molecule has 0 spiro atoms. The van der Waals surface area contributed by atoms with Gasteiger partial charge in [0.05, 0.1) is 11.1 Å². The van der Waals surface area contributed by atoms with E-state index in [0.29, 0.717) is 16.5 Å². The fourth-order valence-corrected chi connectivity index (χ4v) is 5.52. The summed E-state index contributed by atoms with van der Waals surface area (Å²) in [6.07, 6.45) is 2.40. The monoisotopic (exact) mass is 405 g/mol. The second kappa shape index (κ2) is 7.17. The maximum atomic E-state index is 12.9. The smallest absolute Gasteiger partial charge is 0.263 e. The molecule has 1 fully saturated rings. The Bertz CT molecular complexity index is 1000. The maximum Gasteiger partial charge on any atom is 0.263 e. The van der Waals surface area contributed by atoms with E-state index >= 15 is 0 Å². The number of nitrogens with one attached hydrogen (secondary N) is 1. The molecule has 3 heterocycles. The predicted octanol–water partition coefficient (Wildman–Crippen LogP) is 3.73. The molecule has 3 aromatic heterocycles. The molecule has 1 unspecified atom stereocenters. The number of rotatable bonds is 6. The summed E-state index contributed by atoms with van der Waals surface area (Å²) >= 11 is 4.40. The zero-order valence-corrected chi connectivity index (χ0v) is 17.0. The second-order valence-electron chi connectivity index (χ2n) is 6.55. The van der Waals surface area contributed by atoms with Crippen LogP contribution in [-0.2, 0) is 11.8 Å². The predicted molar refractivity (Wildman–Crippen MR) is 109 cm³/mol. The standard InChI is InChI=1S/C18H19N3O2S3/c1-10(11-5-6-11)19-14(22)9-26-18-20-16-15(17(23)21(18)2)12(8-25-16)13-4-3-7-24-13/h3-4,7-8,10-11H,5-6,9H2,1-2H3,(H,19,22). The highest BCUT2D eigenvalue weighted by molar-refractivity contribution is 7.99. The van der Waals surface area contributed by atoms with Crippen LogP contribution in [0.4, 0.5) is 0 Å². The van der Waals surface area contributed by atoms with Crippen molar-refractivity contribution in [2.45, 2.75) is 31.0 Å². The molecule has 1 amide bonds. The maximum absolute atomic E-state index is 12.9. The van der Waals surface area contributed by atoms with Crippen LogP contribution < -0.4 is 10.9 Å². The quantitative estimate of drug-likeness (QED) is 0.501. The van der Waals surface area contributed by atoms with Crippen molar-refractivity contribution in [3.63, 3.8) is 0 Å². The number of hydrogen-bond donors (Lipinski definition) is 1. The average Bonchev–Trinajstić information content (AvgIpc) is 3.17. The lowest BCUT2D eigenvalue weighted by Gasteiger charge is -2.13. The highest BCUT2D eigenvalue weighted by Gasteiger charge is 2.28. The summed E-state index contributed by atoms with van der Waals surface area (Å²) in [6, 6.07) is 4.22. The molecule has 0 bridgehead atoms. The van der Waals surface area contributed by atoms with Crippen molar-refractivity contribution in [2.75, 3.05) is 5.75 Å². The molecule has 0 aliphatic heterocycles. The third-order valence-electron chi connectivity index (χ3n) is 4.61. The lowest BCUT2D eigenvalue weighted by molar-refractivity contribution is -0.119. The first kappa shape index (κ1) is 17.8. The SMILES string of the molecule is CC(NC(=O)CSc1nc2scc(-c3cccs3)c2c(=O)n1C)C1CC1. The first-order chi connectivity index (χ1) is 12.5. The third-order valence-corrected chi connectivity index (χ3v) is 7.42. The summed E-state index contributed by atoms with van der Waals surface area (Å²) in [7, 11) is 1.72. The van der Waals surface area contributed by atoms with Crippen molar-refractivity contribution < 1.29 is 4.79 Å². The van der Waals surface area contributed by atoms with E-state index in [-0.39, 0.29) is 23.3 Å². The van der Waals surface area contributed by atoms with Gasteiger partial charge in [-0.05, 0) is 37.1 Å². The minimum Gasteiger partial charge on any atom is -0.353 e. The summed E-state index contributed by atoms with van der Waals surface area (Å²) < 4.78 is 1.55. The number of thioether (sulfide) groups is 1. The van der Waals surface area contributed by atoms with Crippen LogP contribution in [0.3, 0.4) is 0 Å². The Hall–Kier alpha value is -1.64. The molecule has 0 aromatic carbocycles. The molecular formula is C18H19N3O2S3. The lowest BCUT2D eigenvalue weighted by Crippen LogP contribution is -2.35. The normalized spacial score (nSPS) is 15.3. The van der Waals surface area contributed by atoms with Crippen molar-refractivity contribution in [1.29, 1.82) is 0 Å². The molecule has 3 aromatic rings. The Kier molecular flexibility index (Phi) is 4.90. The van der Waals surface area contributed by atoms with Crippen molar-refractivity contribution in [1.82, 2.24) is 14.9 Å². The zero-order chi connectivity index (χ0) is 18.3. The van der Waals surface area contributed by atoms with E-state index in [9.17, 15) is 9.59 Å². The number of carbonyl (C=O) groups excluding carboxylic acids is 1. The molecule has 4 rings (SSSR count). The largest absolute Gasteiger partial charge is 0.353 e. The van der Waals surface area contributed by atoms with Crippen LogP contribution >= 0.6 is 34.4 Å². The van der Waals surface area contributed by atoms with Gasteiger partial charge in [0.15, 0.2) is 5.16 Å². The zero-order valence-electron chi connectivity index (χ0n) is 14.5. The Morgan fingerprint density at radius 2 is 2.27 bits per heavy atom. The number of thiophene rings is 2. The van der Waals surface area contributed by atoms with Gasteiger partial charge in [-0.3, -0.25) is 14.2 Å². The summed E-state index contributed by atoms with van der Waals surface area (Å²) in [5, 5.41) is 8.27. The molecular weight excluding hydrogens is 386 g/mol. The molecule has 26 heavy (non-hydrogen) atoms. The molecule has 1 saturated carbocycles. The van der Waals surface area contributed by atoms with E-state index in [1.165, 1.54) is 35.9 Å². The Morgan fingerprint density at radius 3 is 2.96 bits per heavy atom. The molecule has 1 N–H and O–H groups in total. The summed E-state index contributed by atoms with van der Waals surface area (Å²) in [5.74, 6) is 0.894. The number of fused-ring (bicyclic) bond motifs is 1. The van der Waals surface area contributed by atoms with Gasteiger partial charge < -0.3 is 5.32 Å². The van der Waals surface area contributed by atoms with Crippen molar-refractivity contribution in [3.05, 3.63) is 33.2 Å². The van der Waals surface area contributed by atoms with Crippen LogP contribution in [0.1, 0.15) is 19.8 Å². The summed E-state index contributed by atoms with van der Waals surface area (Å²) in [5.41, 5.74) is 0.884. The van der Waals surface area contributed by atoms with E-state index in [1.54, 1.807) is 23.0 Å². The molecule has 0 radical (unpaired) electrons. The van der Waals surface area contributed by atoms with E-state index < -0.39 is 0 Å². The van der Waals surface area contributed by atoms with E-state index in [0.717, 1.165) is 15.3 Å². The van der Waals surface area contributed by atoms with Crippen molar-refractivity contribution in [3.8, 4) is 10.4 Å².